The molecule has 2 aliphatic rings. The van der Waals surface area contributed by atoms with Crippen molar-refractivity contribution < 1.29 is 13.9 Å². The number of nitrogens with one attached hydrogen (secondary N) is 1. The summed E-state index contributed by atoms with van der Waals surface area (Å²) >= 11 is 0. The Bertz CT molecular complexity index is 647. The fourth-order valence-electron chi connectivity index (χ4n) is 3.65. The van der Waals surface area contributed by atoms with Crippen LogP contribution in [0.2, 0.25) is 0 Å². The molecule has 1 N–H and O–H groups in total. The van der Waals surface area contributed by atoms with Crippen LogP contribution in [0.4, 0.5) is 9.18 Å². The van der Waals surface area contributed by atoms with E-state index in [-0.39, 0.29) is 30.3 Å². The van der Waals surface area contributed by atoms with E-state index in [1.165, 1.54) is 6.07 Å². The Morgan fingerprint density at radius 2 is 2.12 bits per heavy atom. The Balaban J connectivity index is 1.62. The lowest BCUT2D eigenvalue weighted by molar-refractivity contribution is 0.0698. The van der Waals surface area contributed by atoms with Crippen LogP contribution in [0, 0.1) is 17.1 Å². The van der Waals surface area contributed by atoms with Crippen molar-refractivity contribution in [1.29, 1.82) is 5.26 Å². The Hall–Kier alpha value is -2.13. The van der Waals surface area contributed by atoms with E-state index in [1.807, 2.05) is 11.0 Å². The second kappa shape index (κ2) is 8.30. The summed E-state index contributed by atoms with van der Waals surface area (Å²) in [6, 6.07) is 6.30. The number of ether oxygens (including phenoxy) is 1. The van der Waals surface area contributed by atoms with Gasteiger partial charge < -0.3 is 15.0 Å². The standard InChI is InChI=1S/C19H24FN3O2/c20-18-10-14(11-21)7-8-15(18)12-22-19(24)23(16-4-1-2-5-16)13-17-6-3-9-25-17/h7-8,10,16-17H,1-6,9,12-13H2,(H,22,24)/t17-/m0/s1. The van der Waals surface area contributed by atoms with Gasteiger partial charge in [0, 0.05) is 31.3 Å². The van der Waals surface area contributed by atoms with Crippen LogP contribution >= 0.6 is 0 Å². The molecule has 1 atom stereocenters. The zero-order chi connectivity index (χ0) is 17.6. The molecule has 1 saturated carbocycles. The van der Waals surface area contributed by atoms with Crippen molar-refractivity contribution in [2.45, 2.75) is 57.2 Å². The quantitative estimate of drug-likeness (QED) is 0.890. The number of amides is 2. The Labute approximate surface area is 147 Å². The fraction of sp³-hybridized carbons (Fsp3) is 0.579. The molecule has 134 valence electrons. The summed E-state index contributed by atoms with van der Waals surface area (Å²) in [6.45, 7) is 1.48. The minimum atomic E-state index is -0.467. The molecule has 25 heavy (non-hydrogen) atoms. The first-order valence-corrected chi connectivity index (χ1v) is 9.02. The first-order chi connectivity index (χ1) is 12.2. The predicted molar refractivity (Wildman–Crippen MR) is 91.3 cm³/mol. The van der Waals surface area contributed by atoms with Crippen LogP contribution in [0.5, 0.6) is 0 Å². The normalized spacial score (nSPS) is 20.4. The van der Waals surface area contributed by atoms with Gasteiger partial charge in [0.1, 0.15) is 5.82 Å². The third-order valence-corrected chi connectivity index (χ3v) is 5.06. The van der Waals surface area contributed by atoms with Gasteiger partial charge in [-0.2, -0.15) is 5.26 Å². The van der Waals surface area contributed by atoms with E-state index < -0.39 is 5.82 Å². The second-order valence-corrected chi connectivity index (χ2v) is 6.80. The lowest BCUT2D eigenvalue weighted by Gasteiger charge is -2.31. The molecule has 6 heteroatoms. The topological polar surface area (TPSA) is 65.4 Å². The summed E-state index contributed by atoms with van der Waals surface area (Å²) in [6.07, 6.45) is 6.46. The maximum atomic E-state index is 14.0. The molecule has 1 aliphatic heterocycles. The zero-order valence-corrected chi connectivity index (χ0v) is 14.3. The van der Waals surface area contributed by atoms with Crippen molar-refractivity contribution in [2.75, 3.05) is 13.2 Å². The van der Waals surface area contributed by atoms with E-state index in [0.29, 0.717) is 12.1 Å². The molecule has 5 nitrogen and oxygen atoms in total. The summed E-state index contributed by atoms with van der Waals surface area (Å²) < 4.78 is 19.7. The molecule has 1 aliphatic carbocycles. The SMILES string of the molecule is N#Cc1ccc(CNC(=O)N(C[C@@H]2CCCO2)C2CCCC2)c(F)c1. The first-order valence-electron chi connectivity index (χ1n) is 9.02. The largest absolute Gasteiger partial charge is 0.376 e. The molecule has 1 aromatic rings. The number of nitriles is 1. The lowest BCUT2D eigenvalue weighted by Crippen LogP contribution is -2.48. The van der Waals surface area contributed by atoms with E-state index in [1.54, 1.807) is 12.1 Å². The lowest BCUT2D eigenvalue weighted by atomic mass is 10.1. The molecule has 0 unspecified atom stereocenters. The van der Waals surface area contributed by atoms with Gasteiger partial charge in [-0.1, -0.05) is 18.9 Å². The minimum absolute atomic E-state index is 0.109. The van der Waals surface area contributed by atoms with E-state index in [2.05, 4.69) is 5.32 Å². The highest BCUT2D eigenvalue weighted by atomic mass is 19.1. The molecule has 3 rings (SSSR count). The summed E-state index contributed by atoms with van der Waals surface area (Å²) in [5.74, 6) is -0.467. The average molecular weight is 345 g/mol. The summed E-state index contributed by atoms with van der Waals surface area (Å²) in [5.41, 5.74) is 0.661. The third kappa shape index (κ3) is 4.49. The molecule has 0 radical (unpaired) electrons. The van der Waals surface area contributed by atoms with Crippen LogP contribution in [0.15, 0.2) is 18.2 Å². The van der Waals surface area contributed by atoms with Gasteiger partial charge >= 0.3 is 6.03 Å². The van der Waals surface area contributed by atoms with Crippen LogP contribution in [-0.2, 0) is 11.3 Å². The van der Waals surface area contributed by atoms with Gasteiger partial charge in [0.25, 0.3) is 0 Å². The zero-order valence-electron chi connectivity index (χ0n) is 14.3. The summed E-state index contributed by atoms with van der Waals surface area (Å²) in [4.78, 5) is 14.6. The number of halogens is 1. The van der Waals surface area contributed by atoms with E-state index in [9.17, 15) is 9.18 Å². The number of carbonyl (C=O) groups excluding carboxylic acids is 1. The molecule has 0 aromatic heterocycles. The molecular formula is C19H24FN3O2. The molecule has 0 spiro atoms. The van der Waals surface area contributed by atoms with Crippen molar-refractivity contribution in [3.63, 3.8) is 0 Å². The molecule has 1 heterocycles. The summed E-state index contributed by atoms with van der Waals surface area (Å²) in [5, 5.41) is 11.6. The average Bonchev–Trinajstić information content (AvgIpc) is 3.31. The van der Waals surface area contributed by atoms with Crippen LogP contribution in [0.25, 0.3) is 0 Å². The van der Waals surface area contributed by atoms with Crippen LogP contribution < -0.4 is 5.32 Å². The fourth-order valence-corrected chi connectivity index (χ4v) is 3.65. The van der Waals surface area contributed by atoms with Crippen molar-refractivity contribution in [3.8, 4) is 6.07 Å². The Morgan fingerprint density at radius 1 is 1.32 bits per heavy atom. The van der Waals surface area contributed by atoms with E-state index >= 15 is 0 Å². The van der Waals surface area contributed by atoms with Crippen molar-refractivity contribution in [1.82, 2.24) is 10.2 Å². The van der Waals surface area contributed by atoms with Gasteiger partial charge in [0.2, 0.25) is 0 Å². The van der Waals surface area contributed by atoms with Crippen molar-refractivity contribution >= 4 is 6.03 Å². The smallest absolute Gasteiger partial charge is 0.318 e. The number of carbonyl (C=O) groups is 1. The first kappa shape index (κ1) is 17.7. The number of hydrogen-bond donors (Lipinski definition) is 1. The van der Waals surface area contributed by atoms with Crippen LogP contribution in [-0.4, -0.2) is 36.2 Å². The molecular weight excluding hydrogens is 321 g/mol. The third-order valence-electron chi connectivity index (χ3n) is 5.06. The number of hydrogen-bond acceptors (Lipinski definition) is 3. The van der Waals surface area contributed by atoms with Crippen molar-refractivity contribution in [2.24, 2.45) is 0 Å². The molecule has 2 amide bonds. The maximum Gasteiger partial charge on any atom is 0.318 e. The predicted octanol–water partition coefficient (Wildman–Crippen LogP) is 3.33. The highest BCUT2D eigenvalue weighted by Crippen LogP contribution is 2.25. The number of benzene rings is 1. The molecule has 1 aromatic carbocycles. The molecule has 0 bridgehead atoms. The van der Waals surface area contributed by atoms with E-state index in [0.717, 1.165) is 45.1 Å². The molecule has 1 saturated heterocycles. The maximum absolute atomic E-state index is 14.0. The van der Waals surface area contributed by atoms with Gasteiger partial charge in [-0.25, -0.2) is 9.18 Å². The van der Waals surface area contributed by atoms with Gasteiger partial charge in [0.05, 0.1) is 17.7 Å². The second-order valence-electron chi connectivity index (χ2n) is 6.80. The monoisotopic (exact) mass is 345 g/mol. The van der Waals surface area contributed by atoms with Gasteiger partial charge in [-0.3, -0.25) is 0 Å². The Kier molecular flexibility index (Phi) is 5.87. The highest BCUT2D eigenvalue weighted by molar-refractivity contribution is 5.74. The molecule has 2 fully saturated rings. The highest BCUT2D eigenvalue weighted by Gasteiger charge is 2.30. The van der Waals surface area contributed by atoms with Crippen molar-refractivity contribution in [3.05, 3.63) is 35.1 Å². The van der Waals surface area contributed by atoms with Gasteiger partial charge in [-0.15, -0.1) is 0 Å². The minimum Gasteiger partial charge on any atom is -0.376 e. The Morgan fingerprint density at radius 3 is 2.76 bits per heavy atom. The number of nitrogens with zero attached hydrogens (tertiary/aromatic N) is 2. The van der Waals surface area contributed by atoms with E-state index in [4.69, 9.17) is 10.00 Å². The number of rotatable bonds is 5. The van der Waals surface area contributed by atoms with Crippen LogP contribution in [0.1, 0.15) is 49.7 Å². The van der Waals surface area contributed by atoms with Gasteiger partial charge in [-0.05, 0) is 37.8 Å². The van der Waals surface area contributed by atoms with Gasteiger partial charge in [0.15, 0.2) is 0 Å². The number of urea groups is 1. The van der Waals surface area contributed by atoms with Crippen LogP contribution in [0.3, 0.4) is 0 Å². The summed E-state index contributed by atoms with van der Waals surface area (Å²) in [7, 11) is 0.